The number of carboxylic acids is 1. The third-order valence-corrected chi connectivity index (χ3v) is 5.53. The molecule has 7 heteroatoms. The molecule has 0 bridgehead atoms. The molecule has 1 aliphatic rings. The zero-order valence-corrected chi connectivity index (χ0v) is 17.1. The fourth-order valence-electron chi connectivity index (χ4n) is 3.84. The topological polar surface area (TPSA) is 107 Å². The Balaban J connectivity index is 1.72. The number of amides is 2. The molecular weight excluding hydrogens is 384 g/mol. The van der Waals surface area contributed by atoms with E-state index in [1.807, 2.05) is 19.1 Å². The van der Waals surface area contributed by atoms with Gasteiger partial charge in [-0.3, -0.25) is 14.4 Å². The van der Waals surface area contributed by atoms with E-state index in [1.54, 1.807) is 37.4 Å². The summed E-state index contributed by atoms with van der Waals surface area (Å²) < 4.78 is 0. The predicted molar refractivity (Wildman–Crippen MR) is 111 cm³/mol. The van der Waals surface area contributed by atoms with Crippen LogP contribution >= 0.6 is 0 Å². The minimum Gasteiger partial charge on any atom is -0.508 e. The minimum atomic E-state index is -1.00. The van der Waals surface area contributed by atoms with Gasteiger partial charge in [-0.2, -0.15) is 0 Å². The van der Waals surface area contributed by atoms with Gasteiger partial charge in [0.2, 0.25) is 5.91 Å². The molecule has 7 nitrogen and oxygen atoms in total. The highest BCUT2D eigenvalue weighted by Crippen LogP contribution is 2.26. The Morgan fingerprint density at radius 1 is 1.20 bits per heavy atom. The molecule has 2 atom stereocenters. The molecule has 30 heavy (non-hydrogen) atoms. The third kappa shape index (κ3) is 4.79. The summed E-state index contributed by atoms with van der Waals surface area (Å²) in [6, 6.07) is 12.3. The van der Waals surface area contributed by atoms with Crippen LogP contribution in [0.15, 0.2) is 42.5 Å². The molecule has 3 N–H and O–H groups in total. The summed E-state index contributed by atoms with van der Waals surface area (Å²) in [5.74, 6) is -1.89. The number of hydrogen-bond donors (Lipinski definition) is 3. The summed E-state index contributed by atoms with van der Waals surface area (Å²) in [5.41, 5.74) is 2.98. The van der Waals surface area contributed by atoms with Crippen molar-refractivity contribution in [3.05, 3.63) is 64.7 Å². The van der Waals surface area contributed by atoms with Crippen LogP contribution in [0.25, 0.3) is 0 Å². The van der Waals surface area contributed by atoms with Crippen molar-refractivity contribution in [2.45, 2.75) is 32.2 Å². The Morgan fingerprint density at radius 3 is 2.63 bits per heavy atom. The van der Waals surface area contributed by atoms with E-state index in [1.165, 1.54) is 4.90 Å². The number of phenolic OH excluding ortho intramolecular Hbond substituents is 1. The number of nitrogens with one attached hydrogen (secondary N) is 1. The molecule has 0 aliphatic carbocycles. The predicted octanol–water partition coefficient (Wildman–Crippen LogP) is 2.53. The van der Waals surface area contributed by atoms with Crippen LogP contribution in [0.5, 0.6) is 5.75 Å². The number of para-hydroxylation sites is 1. The van der Waals surface area contributed by atoms with Crippen LogP contribution in [-0.4, -0.2) is 46.5 Å². The van der Waals surface area contributed by atoms with Crippen molar-refractivity contribution >= 4 is 17.8 Å². The molecule has 0 saturated heterocycles. The zero-order chi connectivity index (χ0) is 21.8. The summed E-state index contributed by atoms with van der Waals surface area (Å²) in [6.45, 7) is 2.63. The first kappa shape index (κ1) is 21.4. The average molecular weight is 410 g/mol. The Hall–Kier alpha value is -3.35. The maximum Gasteiger partial charge on any atom is 0.304 e. The lowest BCUT2D eigenvalue weighted by Crippen LogP contribution is -2.32. The van der Waals surface area contributed by atoms with Crippen molar-refractivity contribution in [1.29, 1.82) is 0 Å². The second kappa shape index (κ2) is 8.98. The molecule has 2 aromatic rings. The van der Waals surface area contributed by atoms with E-state index in [0.29, 0.717) is 25.1 Å². The van der Waals surface area contributed by atoms with Gasteiger partial charge in [0.15, 0.2) is 0 Å². The van der Waals surface area contributed by atoms with E-state index < -0.39 is 11.9 Å². The van der Waals surface area contributed by atoms with Crippen LogP contribution in [0.4, 0.5) is 0 Å². The van der Waals surface area contributed by atoms with Crippen LogP contribution in [-0.2, 0) is 22.6 Å². The molecule has 2 aromatic carbocycles. The van der Waals surface area contributed by atoms with Gasteiger partial charge in [-0.25, -0.2) is 0 Å². The van der Waals surface area contributed by atoms with Gasteiger partial charge in [0.05, 0.1) is 12.3 Å². The Morgan fingerprint density at radius 2 is 1.93 bits per heavy atom. The second-order valence-corrected chi connectivity index (χ2v) is 7.85. The van der Waals surface area contributed by atoms with Crippen molar-refractivity contribution in [3.63, 3.8) is 0 Å². The molecule has 2 unspecified atom stereocenters. The highest BCUT2D eigenvalue weighted by Gasteiger charge is 2.29. The third-order valence-electron chi connectivity index (χ3n) is 5.53. The van der Waals surface area contributed by atoms with Crippen LogP contribution in [0.1, 0.15) is 46.3 Å². The fraction of sp³-hybridized carbons (Fsp3) is 0.348. The smallest absolute Gasteiger partial charge is 0.304 e. The van der Waals surface area contributed by atoms with Crippen LogP contribution in [0, 0.1) is 5.92 Å². The molecule has 1 heterocycles. The van der Waals surface area contributed by atoms with E-state index in [0.717, 1.165) is 16.7 Å². The lowest BCUT2D eigenvalue weighted by molar-refractivity contribution is -0.143. The normalized spacial score (nSPS) is 17.1. The minimum absolute atomic E-state index is 0.0588. The molecule has 158 valence electrons. The second-order valence-electron chi connectivity index (χ2n) is 7.85. The molecular formula is C23H26N2O5. The quantitative estimate of drug-likeness (QED) is 0.678. The summed E-state index contributed by atoms with van der Waals surface area (Å²) in [4.78, 5) is 37.7. The fourth-order valence-corrected chi connectivity index (χ4v) is 3.84. The molecule has 0 spiro atoms. The van der Waals surface area contributed by atoms with Gasteiger partial charge in [-0.15, -0.1) is 0 Å². The summed E-state index contributed by atoms with van der Waals surface area (Å²) in [7, 11) is 1.65. The van der Waals surface area contributed by atoms with E-state index >= 15 is 0 Å². The van der Waals surface area contributed by atoms with Crippen molar-refractivity contribution < 1.29 is 24.6 Å². The van der Waals surface area contributed by atoms with Crippen LogP contribution in [0.3, 0.4) is 0 Å². The van der Waals surface area contributed by atoms with E-state index in [4.69, 9.17) is 5.11 Å². The standard InChI is InChI=1S/C23H26N2O5/c1-14(19-5-3-4-6-20(19)26)12-24-22(29)16-8-7-15-9-17(11-21(27)28)23(30)25(2)13-18(15)10-16/h3-8,10,14,17,26H,9,11-13H2,1-2H3,(H,24,29)(H,27,28). The maximum atomic E-state index is 12.7. The van der Waals surface area contributed by atoms with Gasteiger partial charge in [0.1, 0.15) is 5.75 Å². The molecule has 3 rings (SSSR count). The van der Waals surface area contributed by atoms with Gasteiger partial charge >= 0.3 is 5.97 Å². The van der Waals surface area contributed by atoms with Gasteiger partial charge < -0.3 is 20.4 Å². The van der Waals surface area contributed by atoms with Gasteiger partial charge in [0.25, 0.3) is 5.91 Å². The summed E-state index contributed by atoms with van der Waals surface area (Å²) in [5, 5.41) is 21.9. The number of carboxylic acid groups (broad SMARTS) is 1. The lowest BCUT2D eigenvalue weighted by Gasteiger charge is -2.18. The van der Waals surface area contributed by atoms with Crippen molar-refractivity contribution in [2.75, 3.05) is 13.6 Å². The summed E-state index contributed by atoms with van der Waals surface area (Å²) >= 11 is 0. The number of hydrogen-bond acceptors (Lipinski definition) is 4. The average Bonchev–Trinajstić information content (AvgIpc) is 2.82. The number of benzene rings is 2. The first-order chi connectivity index (χ1) is 14.3. The Kier molecular flexibility index (Phi) is 6.40. The number of aliphatic carboxylic acids is 1. The van der Waals surface area contributed by atoms with Gasteiger partial charge in [0, 0.05) is 31.6 Å². The van der Waals surface area contributed by atoms with E-state index in [9.17, 15) is 19.5 Å². The molecule has 0 saturated carbocycles. The number of rotatable bonds is 6. The number of aromatic hydroxyl groups is 1. The van der Waals surface area contributed by atoms with Gasteiger partial charge in [-0.1, -0.05) is 31.2 Å². The van der Waals surface area contributed by atoms with Crippen molar-refractivity contribution in [2.24, 2.45) is 5.92 Å². The van der Waals surface area contributed by atoms with Crippen LogP contribution < -0.4 is 5.32 Å². The number of carbonyl (C=O) groups excluding carboxylic acids is 2. The monoisotopic (exact) mass is 410 g/mol. The maximum absolute atomic E-state index is 12.7. The van der Waals surface area contributed by atoms with Crippen molar-refractivity contribution in [3.8, 4) is 5.75 Å². The number of phenols is 1. The van der Waals surface area contributed by atoms with Crippen LogP contribution in [0.2, 0.25) is 0 Å². The highest BCUT2D eigenvalue weighted by atomic mass is 16.4. The molecule has 2 amide bonds. The largest absolute Gasteiger partial charge is 0.508 e. The first-order valence-corrected chi connectivity index (χ1v) is 9.91. The number of carbonyl (C=O) groups is 3. The van der Waals surface area contributed by atoms with Crippen molar-refractivity contribution in [1.82, 2.24) is 10.2 Å². The molecule has 0 aromatic heterocycles. The SMILES string of the molecule is CC(CNC(=O)c1ccc2c(c1)CN(C)C(=O)C(CC(=O)O)C2)c1ccccc1O. The Bertz CT molecular complexity index is 972. The van der Waals surface area contributed by atoms with Gasteiger partial charge in [-0.05, 0) is 41.3 Å². The molecule has 1 aliphatic heterocycles. The number of nitrogens with zero attached hydrogens (tertiary/aromatic N) is 1. The highest BCUT2D eigenvalue weighted by molar-refractivity contribution is 5.94. The first-order valence-electron chi connectivity index (χ1n) is 9.91. The Labute approximate surface area is 175 Å². The summed E-state index contributed by atoms with van der Waals surface area (Å²) in [6.07, 6.45) is 0.131. The molecule has 0 radical (unpaired) electrons. The van der Waals surface area contributed by atoms with E-state index in [2.05, 4.69) is 5.32 Å². The van der Waals surface area contributed by atoms with E-state index in [-0.39, 0.29) is 29.9 Å². The number of fused-ring (bicyclic) bond motifs is 1. The lowest BCUT2D eigenvalue weighted by atomic mass is 9.93. The molecule has 0 fully saturated rings. The zero-order valence-electron chi connectivity index (χ0n) is 17.1.